The number of benzene rings is 1. The highest BCUT2D eigenvalue weighted by Gasteiger charge is 2.10. The molecule has 0 atom stereocenters. The van der Waals surface area contributed by atoms with Crippen molar-refractivity contribution in [3.05, 3.63) is 48.0 Å². The van der Waals surface area contributed by atoms with E-state index in [0.29, 0.717) is 0 Å². The molecule has 15 heavy (non-hydrogen) atoms. The van der Waals surface area contributed by atoms with E-state index >= 15 is 0 Å². The van der Waals surface area contributed by atoms with Crippen molar-refractivity contribution in [2.24, 2.45) is 7.05 Å². The van der Waals surface area contributed by atoms with E-state index in [-0.39, 0.29) is 5.48 Å². The summed E-state index contributed by atoms with van der Waals surface area (Å²) in [5.74, 6) is 1.23. The first-order chi connectivity index (χ1) is 6.68. The maximum absolute atomic E-state index is 2.19. The van der Waals surface area contributed by atoms with Gasteiger partial charge in [0.2, 0.25) is 0 Å². The lowest BCUT2D eigenvalue weighted by molar-refractivity contribution is -0.677. The summed E-state index contributed by atoms with van der Waals surface area (Å²) < 4.78 is 4.30. The quantitative estimate of drug-likeness (QED) is 0.652. The van der Waals surface area contributed by atoms with Crippen molar-refractivity contribution in [1.29, 1.82) is 0 Å². The molecule has 0 bridgehead atoms. The van der Waals surface area contributed by atoms with Gasteiger partial charge in [-0.1, -0.05) is 12.1 Å². The third-order valence-corrected chi connectivity index (χ3v) is 2.58. The van der Waals surface area contributed by atoms with E-state index in [1.165, 1.54) is 17.1 Å². The molecule has 0 fully saturated rings. The van der Waals surface area contributed by atoms with Crippen LogP contribution in [0.15, 0.2) is 36.7 Å². The molecule has 0 spiro atoms. The van der Waals surface area contributed by atoms with Gasteiger partial charge in [0.25, 0.3) is 5.82 Å². The predicted molar refractivity (Wildman–Crippen MR) is 58.4 cm³/mol. The van der Waals surface area contributed by atoms with E-state index in [9.17, 15) is 0 Å². The Morgan fingerprint density at radius 1 is 1.20 bits per heavy atom. The van der Waals surface area contributed by atoms with Crippen LogP contribution in [0.2, 0.25) is 0 Å². The fourth-order valence-electron chi connectivity index (χ4n) is 1.60. The first-order valence-electron chi connectivity index (χ1n) is 4.79. The maximum atomic E-state index is 2.19. The second-order valence-corrected chi connectivity index (χ2v) is 3.67. The van der Waals surface area contributed by atoms with Gasteiger partial charge in [0, 0.05) is 6.92 Å². The molecular formula is C12H16N2O. The van der Waals surface area contributed by atoms with E-state index in [1.807, 2.05) is 0 Å². The minimum absolute atomic E-state index is 0. The topological polar surface area (TPSA) is 38.8 Å². The summed E-state index contributed by atoms with van der Waals surface area (Å²) in [5, 5.41) is 0. The molecule has 3 nitrogen and oxygen atoms in total. The Labute approximate surface area is 89.9 Å². The summed E-state index contributed by atoms with van der Waals surface area (Å²) in [4.78, 5) is 0. The molecule has 0 saturated carbocycles. The van der Waals surface area contributed by atoms with Crippen molar-refractivity contribution in [2.75, 3.05) is 0 Å². The second kappa shape index (κ2) is 4.28. The van der Waals surface area contributed by atoms with Gasteiger partial charge in [-0.3, -0.25) is 0 Å². The van der Waals surface area contributed by atoms with E-state index in [1.54, 1.807) is 0 Å². The van der Waals surface area contributed by atoms with Gasteiger partial charge in [-0.2, -0.15) is 0 Å². The number of aryl methyl sites for hydroxylation is 2. The van der Waals surface area contributed by atoms with Crippen molar-refractivity contribution in [2.45, 2.75) is 13.8 Å². The van der Waals surface area contributed by atoms with Crippen LogP contribution in [0, 0.1) is 13.8 Å². The molecule has 0 unspecified atom stereocenters. The molecule has 0 amide bonds. The van der Waals surface area contributed by atoms with E-state index < -0.39 is 0 Å². The minimum atomic E-state index is 0. The van der Waals surface area contributed by atoms with Crippen molar-refractivity contribution in [3.8, 4) is 5.69 Å². The predicted octanol–water partition coefficient (Wildman–Crippen LogP) is 1.74. The van der Waals surface area contributed by atoms with Crippen molar-refractivity contribution >= 4 is 0 Å². The van der Waals surface area contributed by atoms with Crippen LogP contribution < -0.4 is 4.57 Å². The first kappa shape index (κ1) is 11.5. The summed E-state index contributed by atoms with van der Waals surface area (Å²) in [5.41, 5.74) is 2.52. The molecule has 80 valence electrons. The number of aromatic nitrogens is 2. The lowest BCUT2D eigenvalue weighted by Crippen LogP contribution is -2.29. The monoisotopic (exact) mass is 204 g/mol. The van der Waals surface area contributed by atoms with Crippen molar-refractivity contribution < 1.29 is 10.0 Å². The Bertz CT molecular complexity index is 460. The zero-order valence-corrected chi connectivity index (χ0v) is 9.31. The van der Waals surface area contributed by atoms with E-state index in [0.717, 1.165) is 0 Å². The van der Waals surface area contributed by atoms with Crippen LogP contribution in [0.25, 0.3) is 5.69 Å². The van der Waals surface area contributed by atoms with Gasteiger partial charge in [-0.15, -0.1) is 0 Å². The van der Waals surface area contributed by atoms with Crippen LogP contribution in [0.3, 0.4) is 0 Å². The standard InChI is InChI=1S/C12H15N2.H2O/c1-10-5-4-6-12(9-10)14-8-7-13(3)11(14)2;/h4-9H,1-3H3;1H2/q+1;/p-1. The Morgan fingerprint density at radius 3 is 2.47 bits per heavy atom. The summed E-state index contributed by atoms with van der Waals surface area (Å²) in [6.45, 7) is 4.23. The summed E-state index contributed by atoms with van der Waals surface area (Å²) in [6.07, 6.45) is 4.15. The third-order valence-electron chi connectivity index (χ3n) is 2.58. The van der Waals surface area contributed by atoms with Crippen LogP contribution in [-0.4, -0.2) is 10.0 Å². The average Bonchev–Trinajstić information content (AvgIpc) is 2.48. The lowest BCUT2D eigenvalue weighted by Gasteiger charge is -1.99. The molecule has 1 heterocycles. The number of rotatable bonds is 1. The minimum Gasteiger partial charge on any atom is -0.870 e. The normalized spacial score (nSPS) is 9.80. The van der Waals surface area contributed by atoms with Crippen LogP contribution in [-0.2, 0) is 7.05 Å². The largest absolute Gasteiger partial charge is 0.870 e. The smallest absolute Gasteiger partial charge is 0.258 e. The first-order valence-corrected chi connectivity index (χ1v) is 4.79. The molecule has 0 radical (unpaired) electrons. The van der Waals surface area contributed by atoms with E-state index in [4.69, 9.17) is 0 Å². The lowest BCUT2D eigenvalue weighted by atomic mass is 10.2. The molecule has 0 saturated heterocycles. The maximum Gasteiger partial charge on any atom is 0.258 e. The Hall–Kier alpha value is -1.61. The molecule has 0 aliphatic carbocycles. The molecule has 3 heteroatoms. The number of imidazole rings is 1. The van der Waals surface area contributed by atoms with Gasteiger partial charge < -0.3 is 5.48 Å². The fourth-order valence-corrected chi connectivity index (χ4v) is 1.60. The molecule has 2 aromatic rings. The van der Waals surface area contributed by atoms with Crippen LogP contribution in [0.1, 0.15) is 11.4 Å². The van der Waals surface area contributed by atoms with Gasteiger partial charge in [0.05, 0.1) is 7.05 Å². The highest BCUT2D eigenvalue weighted by molar-refractivity contribution is 5.35. The van der Waals surface area contributed by atoms with Gasteiger partial charge in [-0.05, 0) is 24.6 Å². The summed E-state index contributed by atoms with van der Waals surface area (Å²) in [7, 11) is 2.06. The Kier molecular flexibility index (Phi) is 3.27. The summed E-state index contributed by atoms with van der Waals surface area (Å²) in [6, 6.07) is 8.51. The highest BCUT2D eigenvalue weighted by atomic mass is 16.0. The fraction of sp³-hybridized carbons (Fsp3) is 0.250. The zero-order chi connectivity index (χ0) is 10.1. The third kappa shape index (κ3) is 2.07. The second-order valence-electron chi connectivity index (χ2n) is 3.67. The zero-order valence-electron chi connectivity index (χ0n) is 9.31. The number of hydrogen-bond donors (Lipinski definition) is 0. The molecule has 0 aliphatic heterocycles. The molecule has 1 N–H and O–H groups in total. The van der Waals surface area contributed by atoms with Gasteiger partial charge >= 0.3 is 0 Å². The molecule has 0 aliphatic rings. The van der Waals surface area contributed by atoms with Crippen LogP contribution >= 0.6 is 0 Å². The molecular weight excluding hydrogens is 188 g/mol. The van der Waals surface area contributed by atoms with Gasteiger partial charge in [0.15, 0.2) is 0 Å². The highest BCUT2D eigenvalue weighted by Crippen LogP contribution is 2.10. The van der Waals surface area contributed by atoms with E-state index in [2.05, 4.69) is 66.7 Å². The van der Waals surface area contributed by atoms with Crippen molar-refractivity contribution in [3.63, 3.8) is 0 Å². The molecule has 2 rings (SSSR count). The van der Waals surface area contributed by atoms with Gasteiger partial charge in [0.1, 0.15) is 18.1 Å². The van der Waals surface area contributed by atoms with Crippen molar-refractivity contribution in [1.82, 2.24) is 4.57 Å². The van der Waals surface area contributed by atoms with Crippen LogP contribution in [0.4, 0.5) is 0 Å². The Morgan fingerprint density at radius 2 is 1.93 bits per heavy atom. The van der Waals surface area contributed by atoms with Gasteiger partial charge in [-0.25, -0.2) is 9.13 Å². The molecule has 1 aromatic heterocycles. The van der Waals surface area contributed by atoms with Crippen LogP contribution in [0.5, 0.6) is 0 Å². The summed E-state index contributed by atoms with van der Waals surface area (Å²) >= 11 is 0. The number of hydrogen-bond acceptors (Lipinski definition) is 1. The SMILES string of the molecule is Cc1cccc(-n2cc[n+](C)c2C)c1.[OH-]. The average molecular weight is 204 g/mol. The molecule has 1 aromatic carbocycles. The number of nitrogens with zero attached hydrogens (tertiary/aromatic N) is 2. The Balaban J connectivity index is 0.00000112.